The molecule has 2 atom stereocenters. The Morgan fingerprint density at radius 1 is 1.09 bits per heavy atom. The molecule has 3 aromatic rings. The number of benzene rings is 1. The van der Waals surface area contributed by atoms with Crippen LogP contribution in [0, 0.1) is 0 Å². The molecule has 1 amide bonds. The highest BCUT2D eigenvalue weighted by atomic mass is 19.3. The quantitative estimate of drug-likeness (QED) is 0.426. The average molecular weight is 461 g/mol. The SMILES string of the molecule is CC(C)n1ccc(NCc2ccc(-c3ccc([C@@H](O)[C@@H](CF)NC(=O)C(F)F)cc3)cn2)n1. The second-order valence-electron chi connectivity index (χ2n) is 7.80. The molecule has 0 unspecified atom stereocenters. The van der Waals surface area contributed by atoms with Gasteiger partial charge in [0.25, 0.3) is 5.91 Å². The number of nitrogens with zero attached hydrogens (tertiary/aromatic N) is 3. The Kier molecular flexibility index (Phi) is 8.05. The lowest BCUT2D eigenvalue weighted by molar-refractivity contribution is -0.133. The van der Waals surface area contributed by atoms with Crippen LogP contribution in [0.1, 0.15) is 37.3 Å². The van der Waals surface area contributed by atoms with Crippen molar-refractivity contribution < 1.29 is 23.1 Å². The van der Waals surface area contributed by atoms with Gasteiger partial charge in [-0.3, -0.25) is 14.5 Å². The molecule has 3 N–H and O–H groups in total. The van der Waals surface area contributed by atoms with Crippen LogP contribution in [0.2, 0.25) is 0 Å². The fourth-order valence-corrected chi connectivity index (χ4v) is 3.15. The summed E-state index contributed by atoms with van der Waals surface area (Å²) in [5.74, 6) is -0.859. The van der Waals surface area contributed by atoms with Crippen molar-refractivity contribution in [2.45, 2.75) is 45.0 Å². The molecule has 0 aliphatic rings. The highest BCUT2D eigenvalue weighted by Gasteiger charge is 2.26. The molecule has 7 nitrogen and oxygen atoms in total. The summed E-state index contributed by atoms with van der Waals surface area (Å²) in [7, 11) is 0. The summed E-state index contributed by atoms with van der Waals surface area (Å²) in [6.07, 6.45) is -1.12. The third-order valence-electron chi connectivity index (χ3n) is 5.07. The number of aliphatic hydroxyl groups is 1. The number of aromatic nitrogens is 3. The lowest BCUT2D eigenvalue weighted by Crippen LogP contribution is -2.43. The molecule has 0 fully saturated rings. The summed E-state index contributed by atoms with van der Waals surface area (Å²) in [5.41, 5.74) is 2.76. The zero-order chi connectivity index (χ0) is 24.0. The first kappa shape index (κ1) is 24.2. The number of halogens is 3. The Labute approximate surface area is 189 Å². The number of carbonyl (C=O) groups excluding carboxylic acids is 1. The van der Waals surface area contributed by atoms with Crippen LogP contribution in [-0.4, -0.2) is 44.9 Å². The van der Waals surface area contributed by atoms with E-state index in [1.54, 1.807) is 30.5 Å². The molecule has 0 aliphatic heterocycles. The maximum absolute atomic E-state index is 13.2. The van der Waals surface area contributed by atoms with Gasteiger partial charge >= 0.3 is 6.43 Å². The molecule has 10 heteroatoms. The molecule has 2 heterocycles. The number of nitrogens with one attached hydrogen (secondary N) is 2. The topological polar surface area (TPSA) is 92.1 Å². The summed E-state index contributed by atoms with van der Waals surface area (Å²) in [4.78, 5) is 15.6. The normalized spacial score (nSPS) is 13.2. The zero-order valence-electron chi connectivity index (χ0n) is 18.3. The van der Waals surface area contributed by atoms with Crippen molar-refractivity contribution in [2.75, 3.05) is 12.0 Å². The molecular formula is C23H26F3N5O2. The van der Waals surface area contributed by atoms with Crippen LogP contribution in [-0.2, 0) is 11.3 Å². The van der Waals surface area contributed by atoms with Gasteiger partial charge in [-0.25, -0.2) is 4.39 Å². The lowest BCUT2D eigenvalue weighted by atomic mass is 9.99. The smallest absolute Gasteiger partial charge is 0.315 e. The fraction of sp³-hybridized carbons (Fsp3) is 0.348. The Morgan fingerprint density at radius 3 is 2.33 bits per heavy atom. The minimum Gasteiger partial charge on any atom is -0.386 e. The molecule has 0 bridgehead atoms. The number of hydrogen-bond acceptors (Lipinski definition) is 5. The maximum Gasteiger partial charge on any atom is 0.315 e. The Hall–Kier alpha value is -3.40. The number of alkyl halides is 3. The van der Waals surface area contributed by atoms with Gasteiger partial charge in [0.2, 0.25) is 0 Å². The average Bonchev–Trinajstić information content (AvgIpc) is 3.30. The summed E-state index contributed by atoms with van der Waals surface area (Å²) in [6, 6.07) is 11.0. The van der Waals surface area contributed by atoms with E-state index in [4.69, 9.17) is 0 Å². The highest BCUT2D eigenvalue weighted by molar-refractivity contribution is 5.79. The van der Waals surface area contributed by atoms with E-state index in [0.717, 1.165) is 22.6 Å². The van der Waals surface area contributed by atoms with Gasteiger partial charge in [-0.15, -0.1) is 0 Å². The van der Waals surface area contributed by atoms with Crippen LogP contribution in [0.5, 0.6) is 0 Å². The standard InChI is InChI=1S/C23H26F3N5O2/c1-14(2)31-10-9-20(30-31)28-13-18-8-7-17(12-27-18)15-3-5-16(6-4-15)21(32)19(11-24)29-23(33)22(25)26/h3-10,12,14,19,21-22,32H,11,13H2,1-2H3,(H,28,30)(H,29,33)/t19-,21-/m1/s1. The molecule has 0 spiro atoms. The predicted octanol–water partition coefficient (Wildman–Crippen LogP) is 3.89. The Balaban J connectivity index is 1.61. The van der Waals surface area contributed by atoms with Gasteiger partial charge in [0.05, 0.1) is 18.3 Å². The molecule has 33 heavy (non-hydrogen) atoms. The largest absolute Gasteiger partial charge is 0.386 e. The molecule has 1 aromatic carbocycles. The summed E-state index contributed by atoms with van der Waals surface area (Å²) >= 11 is 0. The number of aliphatic hydroxyl groups excluding tert-OH is 1. The van der Waals surface area contributed by atoms with E-state index in [1.165, 1.54) is 0 Å². The number of pyridine rings is 1. The minimum atomic E-state index is -3.28. The van der Waals surface area contributed by atoms with Crippen molar-refractivity contribution in [3.8, 4) is 11.1 Å². The molecule has 3 rings (SSSR count). The van der Waals surface area contributed by atoms with Gasteiger partial charge in [0.15, 0.2) is 0 Å². The molecule has 0 saturated heterocycles. The zero-order valence-corrected chi connectivity index (χ0v) is 18.3. The van der Waals surface area contributed by atoms with E-state index in [0.29, 0.717) is 12.1 Å². The first-order valence-corrected chi connectivity index (χ1v) is 10.4. The van der Waals surface area contributed by atoms with E-state index in [2.05, 4.69) is 29.2 Å². The minimum absolute atomic E-state index is 0.282. The number of anilines is 1. The van der Waals surface area contributed by atoms with E-state index in [-0.39, 0.29) is 6.04 Å². The number of amides is 1. The summed E-state index contributed by atoms with van der Waals surface area (Å²) < 4.78 is 39.8. The van der Waals surface area contributed by atoms with Crippen LogP contribution in [0.15, 0.2) is 54.9 Å². The number of carbonyl (C=O) groups is 1. The van der Waals surface area contributed by atoms with Gasteiger partial charge in [0, 0.05) is 30.1 Å². The number of rotatable bonds is 10. The van der Waals surface area contributed by atoms with Gasteiger partial charge < -0.3 is 15.7 Å². The van der Waals surface area contributed by atoms with Crippen molar-refractivity contribution in [3.63, 3.8) is 0 Å². The highest BCUT2D eigenvalue weighted by Crippen LogP contribution is 2.24. The monoisotopic (exact) mass is 461 g/mol. The molecule has 2 aromatic heterocycles. The van der Waals surface area contributed by atoms with Crippen LogP contribution < -0.4 is 10.6 Å². The third kappa shape index (κ3) is 6.32. The van der Waals surface area contributed by atoms with Crippen molar-refractivity contribution in [2.24, 2.45) is 0 Å². The van der Waals surface area contributed by atoms with Crippen molar-refractivity contribution >= 4 is 11.7 Å². The molecule has 0 saturated carbocycles. The van der Waals surface area contributed by atoms with Crippen molar-refractivity contribution in [3.05, 3.63) is 66.1 Å². The molecular weight excluding hydrogens is 435 g/mol. The van der Waals surface area contributed by atoms with Gasteiger partial charge in [0.1, 0.15) is 18.6 Å². The summed E-state index contributed by atoms with van der Waals surface area (Å²) in [5, 5.41) is 19.7. The van der Waals surface area contributed by atoms with E-state index >= 15 is 0 Å². The van der Waals surface area contributed by atoms with E-state index < -0.39 is 31.2 Å². The summed E-state index contributed by atoms with van der Waals surface area (Å²) in [6.45, 7) is 3.43. The second kappa shape index (κ2) is 11.0. The van der Waals surface area contributed by atoms with E-state index in [9.17, 15) is 23.1 Å². The van der Waals surface area contributed by atoms with Gasteiger partial charge in [-0.05, 0) is 31.0 Å². The van der Waals surface area contributed by atoms with Crippen LogP contribution in [0.3, 0.4) is 0 Å². The third-order valence-corrected chi connectivity index (χ3v) is 5.07. The van der Waals surface area contributed by atoms with Gasteiger partial charge in [-0.1, -0.05) is 30.3 Å². The first-order valence-electron chi connectivity index (χ1n) is 10.4. The molecule has 0 radical (unpaired) electrons. The fourth-order valence-electron chi connectivity index (χ4n) is 3.15. The van der Waals surface area contributed by atoms with Crippen LogP contribution in [0.25, 0.3) is 11.1 Å². The van der Waals surface area contributed by atoms with Gasteiger partial charge in [-0.2, -0.15) is 13.9 Å². The first-order chi connectivity index (χ1) is 15.8. The second-order valence-corrected chi connectivity index (χ2v) is 7.80. The van der Waals surface area contributed by atoms with Crippen molar-refractivity contribution in [1.82, 2.24) is 20.1 Å². The van der Waals surface area contributed by atoms with Crippen LogP contribution in [0.4, 0.5) is 19.0 Å². The molecule has 176 valence electrons. The van der Waals surface area contributed by atoms with E-state index in [1.807, 2.05) is 34.4 Å². The Bertz CT molecular complexity index is 1040. The Morgan fingerprint density at radius 2 is 1.79 bits per heavy atom. The maximum atomic E-state index is 13.2. The molecule has 0 aliphatic carbocycles. The van der Waals surface area contributed by atoms with Crippen LogP contribution >= 0.6 is 0 Å². The predicted molar refractivity (Wildman–Crippen MR) is 118 cm³/mol. The number of hydrogen-bond donors (Lipinski definition) is 3. The van der Waals surface area contributed by atoms with Crippen molar-refractivity contribution in [1.29, 1.82) is 0 Å². The lowest BCUT2D eigenvalue weighted by Gasteiger charge is -2.22.